The summed E-state index contributed by atoms with van der Waals surface area (Å²) in [4.78, 5) is 15.3. The molecule has 1 saturated heterocycles. The van der Waals surface area contributed by atoms with E-state index >= 15 is 0 Å². The van der Waals surface area contributed by atoms with E-state index in [-0.39, 0.29) is 5.91 Å². The summed E-state index contributed by atoms with van der Waals surface area (Å²) < 4.78 is 0. The number of hydrogen-bond donors (Lipinski definition) is 1. The minimum absolute atomic E-state index is 0.126. The second-order valence-electron chi connectivity index (χ2n) is 3.78. The summed E-state index contributed by atoms with van der Waals surface area (Å²) in [5.41, 5.74) is 0. The van der Waals surface area contributed by atoms with Crippen LogP contribution in [-0.4, -0.2) is 60.1 Å². The van der Waals surface area contributed by atoms with Crippen molar-refractivity contribution in [3.8, 4) is 0 Å². The van der Waals surface area contributed by atoms with E-state index < -0.39 is 6.10 Å². The number of aliphatic hydroxyl groups excluding tert-OH is 1. The average Bonchev–Trinajstić information content (AvgIpc) is 2.13. The zero-order valence-electron chi connectivity index (χ0n) is 8.36. The monoisotopic (exact) mass is 186 g/mol. The molecule has 0 saturated carbocycles. The van der Waals surface area contributed by atoms with E-state index in [1.807, 2.05) is 11.9 Å². The molecule has 0 aliphatic carbocycles. The van der Waals surface area contributed by atoms with Gasteiger partial charge in [0.15, 0.2) is 0 Å². The predicted octanol–water partition coefficient (Wildman–Crippen LogP) is -0.469. The summed E-state index contributed by atoms with van der Waals surface area (Å²) in [5.74, 6) is 0.126. The Bertz CT molecular complexity index is 182. The lowest BCUT2D eigenvalue weighted by atomic mass is 10.3. The van der Waals surface area contributed by atoms with Gasteiger partial charge < -0.3 is 10.0 Å². The number of aliphatic hydroxyl groups is 1. The maximum absolute atomic E-state index is 11.5. The minimum atomic E-state index is -0.424. The van der Waals surface area contributed by atoms with Gasteiger partial charge in [0.25, 0.3) is 0 Å². The number of hydrogen-bond acceptors (Lipinski definition) is 3. The van der Waals surface area contributed by atoms with E-state index in [2.05, 4.69) is 0 Å². The van der Waals surface area contributed by atoms with Crippen LogP contribution in [-0.2, 0) is 4.79 Å². The van der Waals surface area contributed by atoms with Crippen molar-refractivity contribution in [1.29, 1.82) is 0 Å². The molecule has 13 heavy (non-hydrogen) atoms. The van der Waals surface area contributed by atoms with Crippen LogP contribution in [0, 0.1) is 0 Å². The molecule has 1 heterocycles. The van der Waals surface area contributed by atoms with E-state index in [1.165, 1.54) is 0 Å². The third kappa shape index (κ3) is 3.32. The zero-order chi connectivity index (χ0) is 9.84. The van der Waals surface area contributed by atoms with E-state index in [9.17, 15) is 9.90 Å². The Balaban J connectivity index is 2.48. The number of β-amino-alcohol motifs (C(OH)–C–C–N with tert-alkyl or cyclic N) is 1. The van der Waals surface area contributed by atoms with Crippen LogP contribution in [0.3, 0.4) is 0 Å². The third-order valence-corrected chi connectivity index (χ3v) is 2.21. The van der Waals surface area contributed by atoms with E-state index in [4.69, 9.17) is 0 Å². The van der Waals surface area contributed by atoms with Gasteiger partial charge in [0, 0.05) is 19.6 Å². The smallest absolute Gasteiger partial charge is 0.236 e. The van der Waals surface area contributed by atoms with Crippen molar-refractivity contribution in [1.82, 2.24) is 9.80 Å². The third-order valence-electron chi connectivity index (χ3n) is 2.21. The molecule has 0 aromatic carbocycles. The van der Waals surface area contributed by atoms with Gasteiger partial charge in [-0.15, -0.1) is 0 Å². The molecule has 1 amide bonds. The van der Waals surface area contributed by atoms with Crippen molar-refractivity contribution in [2.45, 2.75) is 19.4 Å². The number of likely N-dealkylation sites (N-methyl/N-ethyl adjacent to an activating group) is 1. The Morgan fingerprint density at radius 2 is 2.23 bits per heavy atom. The normalized spacial score (nSPS) is 23.0. The lowest BCUT2D eigenvalue weighted by molar-refractivity contribution is -0.132. The Morgan fingerprint density at radius 3 is 2.85 bits per heavy atom. The van der Waals surface area contributed by atoms with Crippen LogP contribution in [0.5, 0.6) is 0 Å². The number of carbonyl (C=O) groups excluding carboxylic acids is 1. The van der Waals surface area contributed by atoms with Gasteiger partial charge in [-0.25, -0.2) is 0 Å². The van der Waals surface area contributed by atoms with Crippen molar-refractivity contribution in [2.24, 2.45) is 0 Å². The highest BCUT2D eigenvalue weighted by Gasteiger charge is 2.19. The fourth-order valence-corrected chi connectivity index (χ4v) is 1.58. The quantitative estimate of drug-likeness (QED) is 0.634. The number of carbonyl (C=O) groups is 1. The number of amides is 1. The summed E-state index contributed by atoms with van der Waals surface area (Å²) in [6.45, 7) is 4.39. The van der Waals surface area contributed by atoms with Crippen molar-refractivity contribution >= 4 is 5.91 Å². The summed E-state index contributed by atoms with van der Waals surface area (Å²) in [6.07, 6.45) is 0.571. The van der Waals surface area contributed by atoms with Gasteiger partial charge in [0.1, 0.15) is 0 Å². The van der Waals surface area contributed by atoms with Crippen LogP contribution in [0.15, 0.2) is 0 Å². The van der Waals surface area contributed by atoms with Crippen LogP contribution in [0.2, 0.25) is 0 Å². The molecule has 1 unspecified atom stereocenters. The molecule has 76 valence electrons. The maximum atomic E-state index is 11.5. The molecule has 1 fully saturated rings. The molecule has 1 aliphatic heterocycles. The first-order valence-corrected chi connectivity index (χ1v) is 4.74. The summed E-state index contributed by atoms with van der Waals surface area (Å²) in [6, 6.07) is 0. The molecule has 1 aliphatic rings. The lowest BCUT2D eigenvalue weighted by Gasteiger charge is -2.21. The summed E-state index contributed by atoms with van der Waals surface area (Å²) in [7, 11) is 1.95. The fourth-order valence-electron chi connectivity index (χ4n) is 1.58. The van der Waals surface area contributed by atoms with Crippen molar-refractivity contribution in [3.63, 3.8) is 0 Å². The van der Waals surface area contributed by atoms with Gasteiger partial charge in [-0.3, -0.25) is 9.69 Å². The van der Waals surface area contributed by atoms with Crippen LogP contribution in [0.4, 0.5) is 0 Å². The standard InChI is InChI=1S/C9H18N2O2/c1-8(12)6-11-5-3-4-10(2)7-9(11)13/h8,12H,3-7H2,1-2H3. The van der Waals surface area contributed by atoms with Crippen LogP contribution in [0.1, 0.15) is 13.3 Å². The van der Waals surface area contributed by atoms with Gasteiger partial charge in [0.2, 0.25) is 5.91 Å². The molecule has 0 aromatic heterocycles. The molecule has 0 radical (unpaired) electrons. The summed E-state index contributed by atoms with van der Waals surface area (Å²) >= 11 is 0. The Labute approximate surface area is 79.1 Å². The van der Waals surface area contributed by atoms with Gasteiger partial charge in [-0.2, -0.15) is 0 Å². The molecular weight excluding hydrogens is 168 g/mol. The van der Waals surface area contributed by atoms with E-state index in [0.29, 0.717) is 13.1 Å². The highest BCUT2D eigenvalue weighted by molar-refractivity contribution is 5.78. The molecule has 0 spiro atoms. The predicted molar refractivity (Wildman–Crippen MR) is 50.4 cm³/mol. The molecule has 1 rings (SSSR count). The van der Waals surface area contributed by atoms with Crippen molar-refractivity contribution in [2.75, 3.05) is 33.2 Å². The van der Waals surface area contributed by atoms with Crippen molar-refractivity contribution in [3.05, 3.63) is 0 Å². The van der Waals surface area contributed by atoms with Gasteiger partial charge >= 0.3 is 0 Å². The molecule has 4 heteroatoms. The van der Waals surface area contributed by atoms with Crippen molar-refractivity contribution < 1.29 is 9.90 Å². The van der Waals surface area contributed by atoms with Crippen LogP contribution in [0.25, 0.3) is 0 Å². The van der Waals surface area contributed by atoms with E-state index in [0.717, 1.165) is 19.5 Å². The van der Waals surface area contributed by atoms with E-state index in [1.54, 1.807) is 11.8 Å². The SMILES string of the molecule is CC(O)CN1CCCN(C)CC1=O. The molecule has 4 nitrogen and oxygen atoms in total. The minimum Gasteiger partial charge on any atom is -0.392 e. The van der Waals surface area contributed by atoms with Gasteiger partial charge in [-0.1, -0.05) is 0 Å². The Hall–Kier alpha value is -0.610. The van der Waals surface area contributed by atoms with Gasteiger partial charge in [0.05, 0.1) is 12.6 Å². The molecule has 1 atom stereocenters. The summed E-state index contributed by atoms with van der Waals surface area (Å²) in [5, 5.41) is 9.17. The lowest BCUT2D eigenvalue weighted by Crippen LogP contribution is -2.39. The maximum Gasteiger partial charge on any atom is 0.236 e. The first-order chi connectivity index (χ1) is 6.09. The fraction of sp³-hybridized carbons (Fsp3) is 0.889. The largest absolute Gasteiger partial charge is 0.392 e. The molecule has 1 N–H and O–H groups in total. The molecule has 0 aromatic rings. The molecule has 0 bridgehead atoms. The Morgan fingerprint density at radius 1 is 1.54 bits per heavy atom. The number of rotatable bonds is 2. The number of nitrogens with zero attached hydrogens (tertiary/aromatic N) is 2. The second kappa shape index (κ2) is 4.58. The van der Waals surface area contributed by atoms with Crippen LogP contribution >= 0.6 is 0 Å². The molecular formula is C9H18N2O2. The average molecular weight is 186 g/mol. The first-order valence-electron chi connectivity index (χ1n) is 4.74. The van der Waals surface area contributed by atoms with Crippen LogP contribution < -0.4 is 0 Å². The second-order valence-corrected chi connectivity index (χ2v) is 3.78. The highest BCUT2D eigenvalue weighted by Crippen LogP contribution is 2.03. The van der Waals surface area contributed by atoms with Gasteiger partial charge in [-0.05, 0) is 20.4 Å². The topological polar surface area (TPSA) is 43.8 Å². The highest BCUT2D eigenvalue weighted by atomic mass is 16.3. The zero-order valence-corrected chi connectivity index (χ0v) is 8.36. The first kappa shape index (κ1) is 10.5. The Kier molecular flexibility index (Phi) is 3.69.